The fourth-order valence-corrected chi connectivity index (χ4v) is 2.09. The number of carbonyl (C=O) groups is 1. The second kappa shape index (κ2) is 7.14. The molecule has 0 bridgehead atoms. The summed E-state index contributed by atoms with van der Waals surface area (Å²) in [5.41, 5.74) is 2.19. The standard InChI is InChI=1S/C15H17BrN2O2/c1-11-4-5-12(9-14(11)16)17-7-6-15(19)18-10-13-3-2-8-20-13/h2-5,8-9,17H,6-7,10H2,1H3,(H,18,19). The lowest BCUT2D eigenvalue weighted by atomic mass is 10.2. The van der Waals surface area contributed by atoms with Crippen molar-refractivity contribution in [1.82, 2.24) is 5.32 Å². The van der Waals surface area contributed by atoms with Crippen molar-refractivity contribution < 1.29 is 9.21 Å². The van der Waals surface area contributed by atoms with E-state index in [0.717, 1.165) is 15.9 Å². The third kappa shape index (κ3) is 4.42. The Morgan fingerprint density at radius 2 is 2.20 bits per heavy atom. The number of anilines is 1. The van der Waals surface area contributed by atoms with Crippen molar-refractivity contribution >= 4 is 27.5 Å². The summed E-state index contributed by atoms with van der Waals surface area (Å²) in [6.07, 6.45) is 2.02. The smallest absolute Gasteiger partial charge is 0.222 e. The Morgan fingerprint density at radius 3 is 2.90 bits per heavy atom. The van der Waals surface area contributed by atoms with E-state index in [0.29, 0.717) is 19.5 Å². The number of nitrogens with one attached hydrogen (secondary N) is 2. The van der Waals surface area contributed by atoms with Crippen molar-refractivity contribution in [3.63, 3.8) is 0 Å². The van der Waals surface area contributed by atoms with Gasteiger partial charge in [-0.05, 0) is 36.8 Å². The molecule has 2 rings (SSSR count). The van der Waals surface area contributed by atoms with Crippen LogP contribution in [0.3, 0.4) is 0 Å². The predicted octanol–water partition coefficient (Wildman–Crippen LogP) is 3.47. The Balaban J connectivity index is 1.69. The first kappa shape index (κ1) is 14.7. The molecule has 1 heterocycles. The van der Waals surface area contributed by atoms with Gasteiger partial charge < -0.3 is 15.1 Å². The summed E-state index contributed by atoms with van der Waals surface area (Å²) in [5, 5.41) is 6.03. The number of rotatable bonds is 6. The third-order valence-electron chi connectivity index (χ3n) is 2.89. The van der Waals surface area contributed by atoms with Crippen LogP contribution in [-0.2, 0) is 11.3 Å². The highest BCUT2D eigenvalue weighted by atomic mass is 79.9. The van der Waals surface area contributed by atoms with E-state index in [1.54, 1.807) is 12.3 Å². The first-order chi connectivity index (χ1) is 9.65. The monoisotopic (exact) mass is 336 g/mol. The minimum absolute atomic E-state index is 0.0000716. The molecule has 0 saturated heterocycles. The largest absolute Gasteiger partial charge is 0.467 e. The number of halogens is 1. The topological polar surface area (TPSA) is 54.3 Å². The van der Waals surface area contributed by atoms with Gasteiger partial charge in [0.2, 0.25) is 5.91 Å². The molecule has 1 amide bonds. The van der Waals surface area contributed by atoms with E-state index in [1.807, 2.05) is 31.2 Å². The summed E-state index contributed by atoms with van der Waals surface area (Å²) in [4.78, 5) is 11.6. The molecule has 0 fully saturated rings. The molecule has 0 aliphatic carbocycles. The molecule has 2 aromatic rings. The lowest BCUT2D eigenvalue weighted by Gasteiger charge is -2.08. The molecule has 106 valence electrons. The highest BCUT2D eigenvalue weighted by Crippen LogP contribution is 2.20. The number of furan rings is 1. The number of carbonyl (C=O) groups excluding carboxylic acids is 1. The van der Waals surface area contributed by atoms with E-state index in [-0.39, 0.29) is 5.91 Å². The lowest BCUT2D eigenvalue weighted by molar-refractivity contribution is -0.121. The zero-order valence-corrected chi connectivity index (χ0v) is 12.9. The maximum absolute atomic E-state index is 11.6. The fourth-order valence-electron chi connectivity index (χ4n) is 1.71. The summed E-state index contributed by atoms with van der Waals surface area (Å²) in [5.74, 6) is 0.758. The zero-order valence-electron chi connectivity index (χ0n) is 11.3. The number of hydrogen-bond acceptors (Lipinski definition) is 3. The number of hydrogen-bond donors (Lipinski definition) is 2. The van der Waals surface area contributed by atoms with Gasteiger partial charge in [-0.1, -0.05) is 22.0 Å². The number of amides is 1. The van der Waals surface area contributed by atoms with E-state index >= 15 is 0 Å². The third-order valence-corrected chi connectivity index (χ3v) is 3.75. The Morgan fingerprint density at radius 1 is 1.35 bits per heavy atom. The van der Waals surface area contributed by atoms with Crippen LogP contribution in [0.5, 0.6) is 0 Å². The van der Waals surface area contributed by atoms with Gasteiger partial charge >= 0.3 is 0 Å². The molecule has 20 heavy (non-hydrogen) atoms. The van der Waals surface area contributed by atoms with E-state index in [2.05, 4.69) is 26.6 Å². The van der Waals surface area contributed by atoms with Gasteiger partial charge in [-0.3, -0.25) is 4.79 Å². The number of aryl methyl sites for hydroxylation is 1. The molecule has 0 saturated carbocycles. The van der Waals surface area contributed by atoms with Gasteiger partial charge in [-0.2, -0.15) is 0 Å². The summed E-state index contributed by atoms with van der Waals surface area (Å²) in [6, 6.07) is 9.68. The van der Waals surface area contributed by atoms with E-state index in [1.165, 1.54) is 5.56 Å². The van der Waals surface area contributed by atoms with Crippen molar-refractivity contribution in [2.24, 2.45) is 0 Å². The molecule has 0 aliphatic heterocycles. The zero-order chi connectivity index (χ0) is 14.4. The minimum atomic E-state index is 0.0000716. The first-order valence-corrected chi connectivity index (χ1v) is 7.23. The van der Waals surface area contributed by atoms with Crippen LogP contribution in [0, 0.1) is 6.92 Å². The second-order valence-electron chi connectivity index (χ2n) is 4.50. The Kier molecular flexibility index (Phi) is 5.24. The summed E-state index contributed by atoms with van der Waals surface area (Å²) >= 11 is 3.48. The van der Waals surface area contributed by atoms with Gasteiger partial charge in [0.25, 0.3) is 0 Å². The van der Waals surface area contributed by atoms with Gasteiger partial charge in [-0.25, -0.2) is 0 Å². The van der Waals surface area contributed by atoms with Crippen molar-refractivity contribution in [3.8, 4) is 0 Å². The van der Waals surface area contributed by atoms with E-state index in [9.17, 15) is 4.79 Å². The van der Waals surface area contributed by atoms with Crippen molar-refractivity contribution in [1.29, 1.82) is 0 Å². The summed E-state index contributed by atoms with van der Waals surface area (Å²) in [7, 11) is 0. The molecule has 1 aromatic heterocycles. The Hall–Kier alpha value is -1.75. The Bertz CT molecular complexity index is 567. The molecule has 2 N–H and O–H groups in total. The van der Waals surface area contributed by atoms with Crippen LogP contribution in [0.4, 0.5) is 5.69 Å². The minimum Gasteiger partial charge on any atom is -0.467 e. The predicted molar refractivity (Wildman–Crippen MR) is 82.5 cm³/mol. The lowest BCUT2D eigenvalue weighted by Crippen LogP contribution is -2.24. The number of benzene rings is 1. The van der Waals surface area contributed by atoms with Gasteiger partial charge in [0, 0.05) is 23.1 Å². The van der Waals surface area contributed by atoms with Gasteiger partial charge in [0.1, 0.15) is 5.76 Å². The highest BCUT2D eigenvalue weighted by Gasteiger charge is 2.03. The average molecular weight is 337 g/mol. The molecule has 1 aromatic carbocycles. The first-order valence-electron chi connectivity index (χ1n) is 6.44. The van der Waals surface area contributed by atoms with E-state index < -0.39 is 0 Å². The fraction of sp³-hybridized carbons (Fsp3) is 0.267. The molecule has 0 spiro atoms. The maximum atomic E-state index is 11.6. The van der Waals surface area contributed by atoms with Crippen molar-refractivity contribution in [2.45, 2.75) is 19.9 Å². The molecule has 0 aliphatic rings. The second-order valence-corrected chi connectivity index (χ2v) is 5.35. The quantitative estimate of drug-likeness (QED) is 0.849. The average Bonchev–Trinajstić information content (AvgIpc) is 2.94. The molecular weight excluding hydrogens is 320 g/mol. The van der Waals surface area contributed by atoms with Crippen molar-refractivity contribution in [2.75, 3.05) is 11.9 Å². The molecule has 4 nitrogen and oxygen atoms in total. The SMILES string of the molecule is Cc1ccc(NCCC(=O)NCc2ccco2)cc1Br. The van der Waals surface area contributed by atoms with Crippen LogP contribution in [0.25, 0.3) is 0 Å². The van der Waals surface area contributed by atoms with E-state index in [4.69, 9.17) is 4.42 Å². The molecule has 0 atom stereocenters. The highest BCUT2D eigenvalue weighted by molar-refractivity contribution is 9.10. The summed E-state index contributed by atoms with van der Waals surface area (Å²) in [6.45, 7) is 3.07. The Labute approximate surface area is 126 Å². The normalized spacial score (nSPS) is 10.3. The van der Waals surface area contributed by atoms with Crippen LogP contribution >= 0.6 is 15.9 Å². The van der Waals surface area contributed by atoms with Crippen molar-refractivity contribution in [3.05, 3.63) is 52.4 Å². The molecule has 0 unspecified atom stereocenters. The molecular formula is C15H17BrN2O2. The van der Waals surface area contributed by atoms with Crippen LogP contribution in [-0.4, -0.2) is 12.5 Å². The maximum Gasteiger partial charge on any atom is 0.222 e. The summed E-state index contributed by atoms with van der Waals surface area (Å²) < 4.78 is 6.21. The van der Waals surface area contributed by atoms with Crippen LogP contribution < -0.4 is 10.6 Å². The molecule has 0 radical (unpaired) electrons. The van der Waals surface area contributed by atoms with Crippen LogP contribution in [0.2, 0.25) is 0 Å². The van der Waals surface area contributed by atoms with Crippen LogP contribution in [0.15, 0.2) is 45.5 Å². The van der Waals surface area contributed by atoms with Gasteiger partial charge in [0.05, 0.1) is 12.8 Å². The van der Waals surface area contributed by atoms with Gasteiger partial charge in [0.15, 0.2) is 0 Å². The van der Waals surface area contributed by atoms with Gasteiger partial charge in [-0.15, -0.1) is 0 Å². The van der Waals surface area contributed by atoms with Crippen LogP contribution in [0.1, 0.15) is 17.7 Å². The molecule has 5 heteroatoms.